The van der Waals surface area contributed by atoms with E-state index in [2.05, 4.69) is 17.0 Å². The van der Waals surface area contributed by atoms with E-state index in [0.717, 1.165) is 18.7 Å². The summed E-state index contributed by atoms with van der Waals surface area (Å²) in [4.78, 5) is 0. The lowest BCUT2D eigenvalue weighted by Crippen LogP contribution is -2.31. The molecule has 0 radical (unpaired) electrons. The standard InChI is InChI=1S/C11H19N3O2/c1-4-14-8-10(6-13-14)5-12-7-11(16-3)9-15-2/h4,6,8,11-12H,1,5,7,9H2,2-3H3. The van der Waals surface area contributed by atoms with Gasteiger partial charge < -0.3 is 14.8 Å². The van der Waals surface area contributed by atoms with Crippen molar-refractivity contribution in [1.29, 1.82) is 0 Å². The van der Waals surface area contributed by atoms with E-state index >= 15 is 0 Å². The van der Waals surface area contributed by atoms with Crippen LogP contribution in [0.2, 0.25) is 0 Å². The van der Waals surface area contributed by atoms with E-state index in [1.54, 1.807) is 25.1 Å². The fourth-order valence-corrected chi connectivity index (χ4v) is 1.34. The molecule has 0 aromatic carbocycles. The van der Waals surface area contributed by atoms with Gasteiger partial charge in [-0.25, -0.2) is 4.68 Å². The van der Waals surface area contributed by atoms with Crippen molar-refractivity contribution in [3.05, 3.63) is 24.5 Å². The van der Waals surface area contributed by atoms with Gasteiger partial charge >= 0.3 is 0 Å². The molecule has 1 aromatic heterocycles. The minimum absolute atomic E-state index is 0.0828. The van der Waals surface area contributed by atoms with E-state index in [1.165, 1.54) is 0 Å². The van der Waals surface area contributed by atoms with Gasteiger partial charge in [0, 0.05) is 45.3 Å². The van der Waals surface area contributed by atoms with Gasteiger partial charge in [-0.05, 0) is 0 Å². The second-order valence-corrected chi connectivity index (χ2v) is 3.46. The van der Waals surface area contributed by atoms with Crippen molar-refractivity contribution in [1.82, 2.24) is 15.1 Å². The van der Waals surface area contributed by atoms with Gasteiger partial charge in [0.25, 0.3) is 0 Å². The topological polar surface area (TPSA) is 48.3 Å². The van der Waals surface area contributed by atoms with Crippen molar-refractivity contribution in [2.45, 2.75) is 12.6 Å². The summed E-state index contributed by atoms with van der Waals surface area (Å²) in [6.07, 6.45) is 5.48. The summed E-state index contributed by atoms with van der Waals surface area (Å²) in [5, 5.41) is 7.37. The van der Waals surface area contributed by atoms with Gasteiger partial charge in [-0.2, -0.15) is 5.10 Å². The van der Waals surface area contributed by atoms with E-state index < -0.39 is 0 Å². The molecule has 1 N–H and O–H groups in total. The zero-order valence-corrected chi connectivity index (χ0v) is 9.85. The largest absolute Gasteiger partial charge is 0.382 e. The first-order valence-electron chi connectivity index (χ1n) is 5.18. The van der Waals surface area contributed by atoms with Gasteiger partial charge in [-0.15, -0.1) is 0 Å². The molecule has 0 spiro atoms. The van der Waals surface area contributed by atoms with E-state index in [1.807, 2.05) is 12.4 Å². The fourth-order valence-electron chi connectivity index (χ4n) is 1.34. The average molecular weight is 225 g/mol. The quantitative estimate of drug-likeness (QED) is 0.708. The van der Waals surface area contributed by atoms with Crippen LogP contribution < -0.4 is 5.32 Å². The number of ether oxygens (including phenoxy) is 2. The highest BCUT2D eigenvalue weighted by Gasteiger charge is 2.05. The Morgan fingerprint density at radius 2 is 2.44 bits per heavy atom. The third-order valence-electron chi connectivity index (χ3n) is 2.23. The molecule has 0 fully saturated rings. The SMILES string of the molecule is C=Cn1cc(CNCC(COC)OC)cn1. The number of aromatic nitrogens is 2. The molecule has 1 rings (SSSR count). The molecular weight excluding hydrogens is 206 g/mol. The molecule has 5 heteroatoms. The van der Waals surface area contributed by atoms with E-state index in [0.29, 0.717) is 6.61 Å². The summed E-state index contributed by atoms with van der Waals surface area (Å²) in [6.45, 7) is 5.74. The van der Waals surface area contributed by atoms with Crippen LogP contribution in [-0.2, 0) is 16.0 Å². The van der Waals surface area contributed by atoms with Crippen LogP contribution in [0.15, 0.2) is 19.0 Å². The normalized spacial score (nSPS) is 12.6. The van der Waals surface area contributed by atoms with E-state index in [4.69, 9.17) is 9.47 Å². The third kappa shape index (κ3) is 4.14. The Morgan fingerprint density at radius 3 is 3.00 bits per heavy atom. The molecule has 1 unspecified atom stereocenters. The van der Waals surface area contributed by atoms with Crippen LogP contribution in [0.3, 0.4) is 0 Å². The zero-order valence-electron chi connectivity index (χ0n) is 9.85. The van der Waals surface area contributed by atoms with Crippen LogP contribution in [-0.4, -0.2) is 43.3 Å². The van der Waals surface area contributed by atoms with E-state index in [9.17, 15) is 0 Å². The molecule has 90 valence electrons. The minimum atomic E-state index is 0.0828. The highest BCUT2D eigenvalue weighted by atomic mass is 16.5. The van der Waals surface area contributed by atoms with Crippen LogP contribution in [0.5, 0.6) is 0 Å². The number of hydrogen-bond donors (Lipinski definition) is 1. The molecule has 0 bridgehead atoms. The highest BCUT2D eigenvalue weighted by molar-refractivity contribution is 5.17. The maximum absolute atomic E-state index is 5.23. The summed E-state index contributed by atoms with van der Waals surface area (Å²) < 4.78 is 11.9. The van der Waals surface area contributed by atoms with Crippen LogP contribution >= 0.6 is 0 Å². The Bertz CT molecular complexity index is 312. The van der Waals surface area contributed by atoms with Crippen molar-refractivity contribution < 1.29 is 9.47 Å². The molecule has 0 amide bonds. The molecule has 1 aromatic rings. The maximum Gasteiger partial charge on any atom is 0.0928 e. The van der Waals surface area contributed by atoms with Crippen molar-refractivity contribution in [2.24, 2.45) is 0 Å². The lowest BCUT2D eigenvalue weighted by molar-refractivity contribution is 0.0288. The number of hydrogen-bond acceptors (Lipinski definition) is 4. The summed E-state index contributed by atoms with van der Waals surface area (Å²) in [5.41, 5.74) is 1.12. The average Bonchev–Trinajstić information content (AvgIpc) is 2.76. The number of nitrogens with zero attached hydrogens (tertiary/aromatic N) is 2. The Balaban J connectivity index is 2.26. The number of methoxy groups -OCH3 is 2. The van der Waals surface area contributed by atoms with Crippen LogP contribution in [0, 0.1) is 0 Å². The molecule has 0 saturated carbocycles. The summed E-state index contributed by atoms with van der Waals surface area (Å²) in [7, 11) is 3.35. The fraction of sp³-hybridized carbons (Fsp3) is 0.545. The van der Waals surface area contributed by atoms with Gasteiger partial charge in [-0.3, -0.25) is 0 Å². The lowest BCUT2D eigenvalue weighted by atomic mass is 10.3. The van der Waals surface area contributed by atoms with Gasteiger partial charge in [0.05, 0.1) is 18.9 Å². The van der Waals surface area contributed by atoms with Gasteiger partial charge in [0.2, 0.25) is 0 Å². The molecule has 0 saturated heterocycles. The number of nitrogens with one attached hydrogen (secondary N) is 1. The highest BCUT2D eigenvalue weighted by Crippen LogP contribution is 1.97. The van der Waals surface area contributed by atoms with Gasteiger partial charge in [0.1, 0.15) is 0 Å². The summed E-state index contributed by atoms with van der Waals surface area (Å²) in [6, 6.07) is 0. The Morgan fingerprint density at radius 1 is 1.62 bits per heavy atom. The molecular formula is C11H19N3O2. The summed E-state index contributed by atoms with van der Waals surface area (Å²) in [5.74, 6) is 0. The maximum atomic E-state index is 5.23. The van der Waals surface area contributed by atoms with Crippen LogP contribution in [0.25, 0.3) is 6.20 Å². The molecule has 0 aliphatic carbocycles. The third-order valence-corrected chi connectivity index (χ3v) is 2.23. The predicted molar refractivity (Wildman–Crippen MR) is 63.0 cm³/mol. The first kappa shape index (κ1) is 12.9. The Labute approximate surface area is 96.0 Å². The molecule has 1 heterocycles. The first-order valence-corrected chi connectivity index (χ1v) is 5.18. The number of rotatable bonds is 8. The Kier molecular flexibility index (Phi) is 5.77. The van der Waals surface area contributed by atoms with Crippen molar-refractivity contribution >= 4 is 6.20 Å². The Hall–Kier alpha value is -1.17. The van der Waals surface area contributed by atoms with Crippen molar-refractivity contribution in [3.63, 3.8) is 0 Å². The van der Waals surface area contributed by atoms with Crippen molar-refractivity contribution in [2.75, 3.05) is 27.4 Å². The van der Waals surface area contributed by atoms with Crippen molar-refractivity contribution in [3.8, 4) is 0 Å². The first-order chi connectivity index (χ1) is 7.80. The smallest absolute Gasteiger partial charge is 0.0928 e. The van der Waals surface area contributed by atoms with Crippen LogP contribution in [0.4, 0.5) is 0 Å². The second kappa shape index (κ2) is 7.16. The monoisotopic (exact) mass is 225 g/mol. The van der Waals surface area contributed by atoms with E-state index in [-0.39, 0.29) is 6.10 Å². The molecule has 0 aliphatic rings. The minimum Gasteiger partial charge on any atom is -0.382 e. The second-order valence-electron chi connectivity index (χ2n) is 3.46. The lowest BCUT2D eigenvalue weighted by Gasteiger charge is -2.14. The molecule has 16 heavy (non-hydrogen) atoms. The molecule has 0 aliphatic heterocycles. The molecule has 5 nitrogen and oxygen atoms in total. The van der Waals surface area contributed by atoms with Gasteiger partial charge in [0.15, 0.2) is 0 Å². The van der Waals surface area contributed by atoms with Crippen LogP contribution in [0.1, 0.15) is 5.56 Å². The molecule has 1 atom stereocenters. The predicted octanol–water partition coefficient (Wildman–Crippen LogP) is 0.735. The summed E-state index contributed by atoms with van der Waals surface area (Å²) >= 11 is 0. The zero-order chi connectivity index (χ0) is 11.8. The van der Waals surface area contributed by atoms with Gasteiger partial charge in [-0.1, -0.05) is 6.58 Å².